The van der Waals surface area contributed by atoms with Gasteiger partial charge in [-0.05, 0) is 25.1 Å². The average molecular weight is 334 g/mol. The van der Waals surface area contributed by atoms with Crippen LogP contribution < -0.4 is 4.90 Å². The van der Waals surface area contributed by atoms with Crippen molar-refractivity contribution in [3.8, 4) is 0 Å². The molecule has 1 aromatic carbocycles. The summed E-state index contributed by atoms with van der Waals surface area (Å²) in [4.78, 5) is 29.7. The van der Waals surface area contributed by atoms with E-state index in [0.717, 1.165) is 16.7 Å². The van der Waals surface area contributed by atoms with Crippen LogP contribution in [0.5, 0.6) is 0 Å². The van der Waals surface area contributed by atoms with Crippen LogP contribution in [0.15, 0.2) is 35.2 Å². The summed E-state index contributed by atoms with van der Waals surface area (Å²) < 4.78 is 2.79. The molecular formula is C14H12BrN3O2. The summed E-state index contributed by atoms with van der Waals surface area (Å²) in [7, 11) is 0. The van der Waals surface area contributed by atoms with E-state index in [1.165, 1.54) is 4.90 Å². The standard InChI is InChI=1S/C14H12BrN3O2/c1-2-17-8-16-6-10(17)7-18-12-5-9(15)3-4-11(12)13(19)14(18)20/h3-6,8H,2,7H2,1H3. The Morgan fingerprint density at radius 3 is 2.85 bits per heavy atom. The van der Waals surface area contributed by atoms with E-state index < -0.39 is 11.7 Å². The number of aromatic nitrogens is 2. The Labute approximate surface area is 124 Å². The number of hydrogen-bond acceptors (Lipinski definition) is 3. The predicted octanol–water partition coefficient (Wildman–Crippen LogP) is 2.40. The van der Waals surface area contributed by atoms with Gasteiger partial charge < -0.3 is 4.57 Å². The maximum Gasteiger partial charge on any atom is 0.299 e. The van der Waals surface area contributed by atoms with Crippen molar-refractivity contribution in [3.05, 3.63) is 46.5 Å². The first-order valence-corrected chi connectivity index (χ1v) is 7.06. The smallest absolute Gasteiger partial charge is 0.299 e. The van der Waals surface area contributed by atoms with Crippen LogP contribution in [0.2, 0.25) is 0 Å². The molecule has 6 heteroatoms. The van der Waals surface area contributed by atoms with E-state index >= 15 is 0 Å². The molecule has 0 fully saturated rings. The van der Waals surface area contributed by atoms with Crippen LogP contribution in [0.1, 0.15) is 23.0 Å². The number of nitrogens with zero attached hydrogens (tertiary/aromatic N) is 3. The van der Waals surface area contributed by atoms with E-state index in [0.29, 0.717) is 17.8 Å². The van der Waals surface area contributed by atoms with Crippen LogP contribution >= 0.6 is 15.9 Å². The number of fused-ring (bicyclic) bond motifs is 1. The van der Waals surface area contributed by atoms with Gasteiger partial charge in [-0.25, -0.2) is 4.98 Å². The summed E-state index contributed by atoms with van der Waals surface area (Å²) in [6, 6.07) is 5.24. The predicted molar refractivity (Wildman–Crippen MR) is 77.6 cm³/mol. The Hall–Kier alpha value is -1.95. The average Bonchev–Trinajstić information content (AvgIpc) is 2.98. The van der Waals surface area contributed by atoms with Gasteiger partial charge in [-0.2, -0.15) is 0 Å². The third kappa shape index (κ3) is 1.96. The van der Waals surface area contributed by atoms with Crippen molar-refractivity contribution in [3.63, 3.8) is 0 Å². The zero-order valence-electron chi connectivity index (χ0n) is 10.8. The van der Waals surface area contributed by atoms with E-state index in [2.05, 4.69) is 20.9 Å². The molecule has 1 amide bonds. The number of rotatable bonds is 3. The molecule has 0 bridgehead atoms. The van der Waals surface area contributed by atoms with Crippen LogP contribution in [-0.2, 0) is 17.9 Å². The van der Waals surface area contributed by atoms with Gasteiger partial charge in [0.25, 0.3) is 11.7 Å². The van der Waals surface area contributed by atoms with E-state index in [1.807, 2.05) is 11.5 Å². The van der Waals surface area contributed by atoms with Crippen molar-refractivity contribution < 1.29 is 9.59 Å². The zero-order valence-corrected chi connectivity index (χ0v) is 12.4. The normalized spacial score (nSPS) is 14.0. The van der Waals surface area contributed by atoms with Crippen LogP contribution in [0.4, 0.5) is 5.69 Å². The fraction of sp³-hybridized carbons (Fsp3) is 0.214. The summed E-state index contributed by atoms with van der Waals surface area (Å²) >= 11 is 3.37. The SMILES string of the molecule is CCn1cncc1CN1C(=O)C(=O)c2ccc(Br)cc21. The van der Waals surface area contributed by atoms with E-state index in [4.69, 9.17) is 0 Å². The highest BCUT2D eigenvalue weighted by molar-refractivity contribution is 9.10. The number of aryl methyl sites for hydroxylation is 1. The van der Waals surface area contributed by atoms with E-state index in [-0.39, 0.29) is 0 Å². The number of carbonyl (C=O) groups excluding carboxylic acids is 2. The molecular weight excluding hydrogens is 322 g/mol. The number of anilines is 1. The Morgan fingerprint density at radius 2 is 2.10 bits per heavy atom. The van der Waals surface area contributed by atoms with Gasteiger partial charge in [0.1, 0.15) is 0 Å². The zero-order chi connectivity index (χ0) is 14.3. The minimum absolute atomic E-state index is 0.349. The number of halogens is 1. The lowest BCUT2D eigenvalue weighted by molar-refractivity contribution is -0.114. The molecule has 1 aromatic heterocycles. The number of Topliss-reactive ketones (excluding diaryl/α,β-unsaturated/α-hetero) is 1. The molecule has 0 saturated carbocycles. The lowest BCUT2D eigenvalue weighted by atomic mass is 10.1. The van der Waals surface area contributed by atoms with Crippen molar-refractivity contribution in [2.75, 3.05) is 4.90 Å². The second-order valence-corrected chi connectivity index (χ2v) is 5.47. The monoisotopic (exact) mass is 333 g/mol. The molecule has 0 radical (unpaired) electrons. The van der Waals surface area contributed by atoms with Gasteiger partial charge in [0.2, 0.25) is 0 Å². The molecule has 3 rings (SSSR count). The van der Waals surface area contributed by atoms with E-state index in [1.54, 1.807) is 30.7 Å². The lowest BCUT2D eigenvalue weighted by Gasteiger charge is -2.17. The quantitative estimate of drug-likeness (QED) is 0.810. The van der Waals surface area contributed by atoms with Crippen molar-refractivity contribution in [1.82, 2.24) is 9.55 Å². The summed E-state index contributed by atoms with van der Waals surface area (Å²) in [5.74, 6) is -0.933. The molecule has 0 spiro atoms. The van der Waals surface area contributed by atoms with Crippen LogP contribution in [0, 0.1) is 0 Å². The highest BCUT2D eigenvalue weighted by Gasteiger charge is 2.36. The highest BCUT2D eigenvalue weighted by atomic mass is 79.9. The van der Waals surface area contributed by atoms with Gasteiger partial charge in [-0.1, -0.05) is 15.9 Å². The number of ketones is 1. The Kier molecular flexibility index (Phi) is 3.17. The van der Waals surface area contributed by atoms with Crippen LogP contribution in [-0.4, -0.2) is 21.2 Å². The molecule has 102 valence electrons. The fourth-order valence-corrected chi connectivity index (χ4v) is 2.70. The Balaban J connectivity index is 2.01. The molecule has 0 atom stereocenters. The van der Waals surface area contributed by atoms with Gasteiger partial charge in [-0.15, -0.1) is 0 Å². The maximum atomic E-state index is 12.1. The number of hydrogen-bond donors (Lipinski definition) is 0. The van der Waals surface area contributed by atoms with Crippen molar-refractivity contribution in [1.29, 1.82) is 0 Å². The van der Waals surface area contributed by atoms with Gasteiger partial charge in [-0.3, -0.25) is 14.5 Å². The minimum atomic E-state index is -0.484. The number of imidazole rings is 1. The van der Waals surface area contributed by atoms with Gasteiger partial charge >= 0.3 is 0 Å². The number of carbonyl (C=O) groups is 2. The third-order valence-corrected chi connectivity index (χ3v) is 3.89. The first kappa shape index (κ1) is 13.1. The van der Waals surface area contributed by atoms with Crippen LogP contribution in [0.3, 0.4) is 0 Å². The Bertz CT molecular complexity index is 708. The van der Waals surface area contributed by atoms with Gasteiger partial charge in [0, 0.05) is 17.2 Å². The fourth-order valence-electron chi connectivity index (χ4n) is 2.35. The molecule has 2 aromatic rings. The Morgan fingerprint density at radius 1 is 1.30 bits per heavy atom. The molecule has 0 aliphatic carbocycles. The summed E-state index contributed by atoms with van der Waals surface area (Å²) in [5.41, 5.74) is 2.01. The first-order chi connectivity index (χ1) is 9.61. The van der Waals surface area contributed by atoms with Crippen molar-refractivity contribution >= 4 is 33.3 Å². The molecule has 0 saturated heterocycles. The molecule has 1 aliphatic heterocycles. The summed E-state index contributed by atoms with van der Waals surface area (Å²) in [6.07, 6.45) is 3.44. The second kappa shape index (κ2) is 4.86. The number of amides is 1. The molecule has 5 nitrogen and oxygen atoms in total. The summed E-state index contributed by atoms with van der Waals surface area (Å²) in [6.45, 7) is 3.13. The minimum Gasteiger partial charge on any atom is -0.333 e. The second-order valence-electron chi connectivity index (χ2n) is 4.55. The highest BCUT2D eigenvalue weighted by Crippen LogP contribution is 2.32. The molecule has 1 aliphatic rings. The number of benzene rings is 1. The molecule has 2 heterocycles. The van der Waals surface area contributed by atoms with Crippen molar-refractivity contribution in [2.24, 2.45) is 0 Å². The maximum absolute atomic E-state index is 12.1. The molecule has 0 unspecified atom stereocenters. The van der Waals surface area contributed by atoms with Gasteiger partial charge in [0.05, 0.1) is 29.8 Å². The van der Waals surface area contributed by atoms with Crippen molar-refractivity contribution in [2.45, 2.75) is 20.0 Å². The molecule has 20 heavy (non-hydrogen) atoms. The lowest BCUT2D eigenvalue weighted by Crippen LogP contribution is -2.30. The topological polar surface area (TPSA) is 55.2 Å². The molecule has 0 N–H and O–H groups in total. The van der Waals surface area contributed by atoms with E-state index in [9.17, 15) is 9.59 Å². The summed E-state index contributed by atoms with van der Waals surface area (Å²) in [5, 5.41) is 0. The first-order valence-electron chi connectivity index (χ1n) is 6.26. The largest absolute Gasteiger partial charge is 0.333 e. The third-order valence-electron chi connectivity index (χ3n) is 3.39. The van der Waals surface area contributed by atoms with Crippen LogP contribution in [0.25, 0.3) is 0 Å². The van der Waals surface area contributed by atoms with Gasteiger partial charge in [0.15, 0.2) is 0 Å².